The van der Waals surface area contributed by atoms with Crippen LogP contribution in [0.4, 0.5) is 0 Å². The first-order valence-corrected chi connectivity index (χ1v) is 6.41. The number of aliphatic hydroxyl groups is 1. The van der Waals surface area contributed by atoms with Crippen molar-refractivity contribution in [1.29, 1.82) is 0 Å². The topological polar surface area (TPSA) is 58.9 Å². The molecule has 1 unspecified atom stereocenters. The second kappa shape index (κ2) is 9.97. The van der Waals surface area contributed by atoms with E-state index in [1.54, 1.807) is 13.2 Å². The van der Waals surface area contributed by atoms with Gasteiger partial charge in [-0.25, -0.2) is 0 Å². The molecule has 0 aliphatic carbocycles. The Kier molecular flexibility index (Phi) is 9.59. The number of rotatable bonds is 9. The van der Waals surface area contributed by atoms with Crippen LogP contribution in [0.3, 0.4) is 0 Å². The molecule has 0 aliphatic heterocycles. The highest BCUT2D eigenvalue weighted by Gasteiger charge is 2.05. The van der Waals surface area contributed by atoms with Crippen LogP contribution in [-0.2, 0) is 9.47 Å². The molecule has 0 saturated heterocycles. The van der Waals surface area contributed by atoms with Crippen molar-refractivity contribution in [2.75, 3.05) is 26.2 Å². The van der Waals surface area contributed by atoms with Crippen LogP contribution < -0.4 is 0 Å². The van der Waals surface area contributed by atoms with E-state index in [1.165, 1.54) is 6.26 Å². The van der Waals surface area contributed by atoms with Crippen molar-refractivity contribution < 1.29 is 19.5 Å². The van der Waals surface area contributed by atoms with Gasteiger partial charge in [0.1, 0.15) is 18.4 Å². The molecular formula is C10H19O4P. The summed E-state index contributed by atoms with van der Waals surface area (Å²) in [4.78, 5) is 9.50. The van der Waals surface area contributed by atoms with Gasteiger partial charge in [0.05, 0.1) is 15.3 Å². The summed E-state index contributed by atoms with van der Waals surface area (Å²) in [5, 5.41) is 8.57. The molecule has 0 spiro atoms. The Bertz CT molecular complexity index is 194. The van der Waals surface area contributed by atoms with Gasteiger partial charge in [-0.3, -0.25) is 0 Å². The molecule has 0 aromatic carbocycles. The lowest BCUT2D eigenvalue weighted by Gasteiger charge is -2.12. The monoisotopic (exact) mass is 234 g/mol. The van der Waals surface area contributed by atoms with Crippen LogP contribution in [0.25, 0.3) is 0 Å². The van der Waals surface area contributed by atoms with Crippen molar-refractivity contribution in [2.24, 2.45) is 0 Å². The minimum Gasteiger partial charge on any atom is -0.501 e. The van der Waals surface area contributed by atoms with E-state index in [1.807, 2.05) is 0 Å². The molecule has 2 N–H and O–H groups in total. The predicted octanol–water partition coefficient (Wildman–Crippen LogP) is 1.80. The lowest BCUT2D eigenvalue weighted by molar-refractivity contribution is 0.224. The van der Waals surface area contributed by atoms with E-state index >= 15 is 0 Å². The highest BCUT2D eigenvalue weighted by Crippen LogP contribution is 2.31. The summed E-state index contributed by atoms with van der Waals surface area (Å²) in [6, 6.07) is 0. The van der Waals surface area contributed by atoms with E-state index in [9.17, 15) is 4.89 Å². The van der Waals surface area contributed by atoms with Gasteiger partial charge in [-0.05, 0) is 12.6 Å². The number of aliphatic hydroxyl groups excluding tert-OH is 1. The van der Waals surface area contributed by atoms with E-state index in [0.29, 0.717) is 24.8 Å². The summed E-state index contributed by atoms with van der Waals surface area (Å²) in [5.41, 5.74) is 0. The first-order chi connectivity index (χ1) is 7.24. The normalized spacial score (nSPS) is 13.4. The molecule has 15 heavy (non-hydrogen) atoms. The van der Waals surface area contributed by atoms with Gasteiger partial charge >= 0.3 is 0 Å². The number of methoxy groups -OCH3 is 1. The Labute approximate surface area is 92.0 Å². The molecular weight excluding hydrogens is 215 g/mol. The summed E-state index contributed by atoms with van der Waals surface area (Å²) in [7, 11) is 0.388. The van der Waals surface area contributed by atoms with Crippen LogP contribution in [-0.4, -0.2) is 36.2 Å². The van der Waals surface area contributed by atoms with Crippen LogP contribution in [0.1, 0.15) is 12.8 Å². The SMILES string of the molecule is C=CC/C(=C\OC)OCP(O)CCCO. The zero-order chi connectivity index (χ0) is 11.5. The van der Waals surface area contributed by atoms with Crippen molar-refractivity contribution in [3.63, 3.8) is 0 Å². The summed E-state index contributed by atoms with van der Waals surface area (Å²) in [5.74, 6) is 0.651. The minimum absolute atomic E-state index is 0.104. The first kappa shape index (κ1) is 14.4. The highest BCUT2D eigenvalue weighted by molar-refractivity contribution is 7.51. The van der Waals surface area contributed by atoms with Crippen molar-refractivity contribution in [2.45, 2.75) is 12.8 Å². The third-order valence-corrected chi connectivity index (χ3v) is 2.83. The molecule has 0 rings (SSSR count). The highest BCUT2D eigenvalue weighted by atomic mass is 31.1. The zero-order valence-corrected chi connectivity index (χ0v) is 9.95. The molecule has 0 aromatic heterocycles. The molecule has 5 heteroatoms. The standard InChI is InChI=1S/C10H19O4P/c1-3-5-10(8-13-2)14-9-15(12)7-4-6-11/h3,8,11-12H,1,4-7,9H2,2H3/b10-8+. The molecule has 4 nitrogen and oxygen atoms in total. The molecule has 1 atom stereocenters. The van der Waals surface area contributed by atoms with Gasteiger partial charge in [0, 0.05) is 13.0 Å². The third kappa shape index (κ3) is 8.43. The van der Waals surface area contributed by atoms with Crippen LogP contribution in [0.2, 0.25) is 0 Å². The molecule has 0 aromatic rings. The summed E-state index contributed by atoms with van der Waals surface area (Å²) >= 11 is 0. The average molecular weight is 234 g/mol. The van der Waals surface area contributed by atoms with E-state index in [-0.39, 0.29) is 13.0 Å². The van der Waals surface area contributed by atoms with Gasteiger partial charge in [0.25, 0.3) is 0 Å². The fourth-order valence-electron chi connectivity index (χ4n) is 0.890. The number of hydrogen-bond acceptors (Lipinski definition) is 4. The second-order valence-corrected chi connectivity index (χ2v) is 4.61. The average Bonchev–Trinajstić information content (AvgIpc) is 2.23. The zero-order valence-electron chi connectivity index (χ0n) is 9.06. The molecule has 0 saturated carbocycles. The maximum Gasteiger partial charge on any atom is 0.135 e. The maximum atomic E-state index is 9.50. The van der Waals surface area contributed by atoms with Gasteiger partial charge in [-0.2, -0.15) is 0 Å². The van der Waals surface area contributed by atoms with E-state index in [0.717, 1.165) is 0 Å². The maximum absolute atomic E-state index is 9.50. The minimum atomic E-state index is -1.15. The molecule has 88 valence electrons. The second-order valence-electron chi connectivity index (χ2n) is 2.89. The summed E-state index contributed by atoms with van der Waals surface area (Å²) in [6.45, 7) is 3.70. The smallest absolute Gasteiger partial charge is 0.135 e. The fourth-order valence-corrected chi connectivity index (χ4v) is 1.84. The lowest BCUT2D eigenvalue weighted by Crippen LogP contribution is -1.98. The van der Waals surface area contributed by atoms with Crippen molar-refractivity contribution in [3.05, 3.63) is 24.7 Å². The molecule has 0 heterocycles. The molecule has 0 radical (unpaired) electrons. The van der Waals surface area contributed by atoms with Crippen LogP contribution in [0, 0.1) is 0 Å². The third-order valence-electron chi connectivity index (χ3n) is 1.57. The fraction of sp³-hybridized carbons (Fsp3) is 0.600. The van der Waals surface area contributed by atoms with Crippen LogP contribution in [0.5, 0.6) is 0 Å². The molecule has 0 bridgehead atoms. The van der Waals surface area contributed by atoms with Gasteiger partial charge in [0.2, 0.25) is 0 Å². The molecule has 0 amide bonds. The van der Waals surface area contributed by atoms with Crippen molar-refractivity contribution >= 4 is 8.15 Å². The Morgan fingerprint density at radius 1 is 1.53 bits per heavy atom. The van der Waals surface area contributed by atoms with Gasteiger partial charge in [-0.1, -0.05) is 6.08 Å². The quantitative estimate of drug-likeness (QED) is 0.363. The Morgan fingerprint density at radius 2 is 2.27 bits per heavy atom. The number of allylic oxidation sites excluding steroid dienone is 1. The molecule has 0 aliphatic rings. The Hall–Kier alpha value is -0.570. The van der Waals surface area contributed by atoms with Crippen molar-refractivity contribution in [1.82, 2.24) is 0 Å². The van der Waals surface area contributed by atoms with E-state index in [2.05, 4.69) is 6.58 Å². The van der Waals surface area contributed by atoms with Crippen LogP contribution in [0.15, 0.2) is 24.7 Å². The molecule has 0 fully saturated rings. The van der Waals surface area contributed by atoms with Crippen molar-refractivity contribution in [3.8, 4) is 0 Å². The van der Waals surface area contributed by atoms with Gasteiger partial charge in [-0.15, -0.1) is 6.58 Å². The number of hydrogen-bond donors (Lipinski definition) is 2. The predicted molar refractivity (Wildman–Crippen MR) is 61.6 cm³/mol. The Morgan fingerprint density at radius 3 is 2.80 bits per heavy atom. The largest absolute Gasteiger partial charge is 0.501 e. The van der Waals surface area contributed by atoms with E-state index in [4.69, 9.17) is 14.6 Å². The lowest BCUT2D eigenvalue weighted by atomic mass is 10.4. The van der Waals surface area contributed by atoms with E-state index < -0.39 is 8.15 Å². The first-order valence-electron chi connectivity index (χ1n) is 4.74. The van der Waals surface area contributed by atoms with Gasteiger partial charge in [0.15, 0.2) is 0 Å². The summed E-state index contributed by atoms with van der Waals surface area (Å²) in [6.07, 6.45) is 5.26. The van der Waals surface area contributed by atoms with Gasteiger partial charge < -0.3 is 19.5 Å². The summed E-state index contributed by atoms with van der Waals surface area (Å²) < 4.78 is 10.2. The van der Waals surface area contributed by atoms with Crippen LogP contribution >= 0.6 is 8.15 Å². The number of ether oxygens (including phenoxy) is 2. The Balaban J connectivity index is 3.77.